The number of anilines is 1. The maximum absolute atomic E-state index is 12.7. The normalized spacial score (nSPS) is 13.1. The molecule has 0 aliphatic carbocycles. The second-order valence-corrected chi connectivity index (χ2v) is 9.48. The summed E-state index contributed by atoms with van der Waals surface area (Å²) in [5.74, 6) is 0.143. The van der Waals surface area contributed by atoms with Crippen LogP contribution in [0.2, 0.25) is 0 Å². The van der Waals surface area contributed by atoms with Gasteiger partial charge in [-0.25, -0.2) is 13.1 Å². The molecule has 11 heteroatoms. The molecule has 1 heterocycles. The second-order valence-electron chi connectivity index (χ2n) is 7.73. The standard InChI is InChI=1S/C23H28N4O6S/c1-32-18-10-6-9-17(11-18)13-24-14-21(28)19(12-16-7-4-3-5-8-16)25-22(29)20-15-33-23(26-20)27-34(2,30)31/h3-11,15,19,21,24,28H,12-14H2,1-2H3,(H,25,29)(H,26,27)/t19-,21-/m0/s1. The third kappa shape index (κ3) is 7.87. The lowest BCUT2D eigenvalue weighted by Gasteiger charge is -2.24. The van der Waals surface area contributed by atoms with Gasteiger partial charge in [0.2, 0.25) is 10.0 Å². The zero-order valence-electron chi connectivity index (χ0n) is 18.9. The quantitative estimate of drug-likeness (QED) is 0.301. The van der Waals surface area contributed by atoms with Crippen molar-refractivity contribution in [1.82, 2.24) is 15.6 Å². The van der Waals surface area contributed by atoms with Crippen LogP contribution in [-0.2, 0) is 23.0 Å². The number of aliphatic hydroxyl groups excluding tert-OH is 1. The van der Waals surface area contributed by atoms with E-state index in [1.54, 1.807) is 7.11 Å². The summed E-state index contributed by atoms with van der Waals surface area (Å²) in [5.41, 5.74) is 1.81. The maximum atomic E-state index is 12.7. The van der Waals surface area contributed by atoms with Crippen molar-refractivity contribution in [2.45, 2.75) is 25.1 Å². The van der Waals surface area contributed by atoms with Crippen molar-refractivity contribution in [3.8, 4) is 5.75 Å². The van der Waals surface area contributed by atoms with Gasteiger partial charge in [-0.2, -0.15) is 4.98 Å². The average molecular weight is 489 g/mol. The largest absolute Gasteiger partial charge is 0.497 e. The summed E-state index contributed by atoms with van der Waals surface area (Å²) in [7, 11) is -2.00. The second kappa shape index (κ2) is 11.6. The molecule has 2 atom stereocenters. The zero-order chi connectivity index (χ0) is 24.6. The highest BCUT2D eigenvalue weighted by molar-refractivity contribution is 7.91. The summed E-state index contributed by atoms with van der Waals surface area (Å²) < 4.78 is 35.0. The Morgan fingerprint density at radius 1 is 1.15 bits per heavy atom. The Kier molecular flexibility index (Phi) is 8.63. The molecule has 0 fully saturated rings. The van der Waals surface area contributed by atoms with Crippen molar-refractivity contribution >= 4 is 21.9 Å². The number of ether oxygens (including phenoxy) is 1. The van der Waals surface area contributed by atoms with Crippen molar-refractivity contribution in [3.05, 3.63) is 77.7 Å². The van der Waals surface area contributed by atoms with Crippen LogP contribution in [0.25, 0.3) is 0 Å². The van der Waals surface area contributed by atoms with E-state index in [-0.39, 0.29) is 18.3 Å². The molecule has 0 unspecified atom stereocenters. The number of nitrogens with zero attached hydrogens (tertiary/aromatic N) is 1. The summed E-state index contributed by atoms with van der Waals surface area (Å²) in [6, 6.07) is 16.1. The van der Waals surface area contributed by atoms with E-state index in [0.717, 1.165) is 29.4 Å². The van der Waals surface area contributed by atoms with Crippen molar-refractivity contribution in [1.29, 1.82) is 0 Å². The van der Waals surface area contributed by atoms with Crippen LogP contribution >= 0.6 is 0 Å². The molecular weight excluding hydrogens is 460 g/mol. The van der Waals surface area contributed by atoms with Gasteiger partial charge in [-0.3, -0.25) is 4.79 Å². The van der Waals surface area contributed by atoms with Crippen molar-refractivity contribution in [2.75, 3.05) is 24.6 Å². The molecule has 0 bridgehead atoms. The molecule has 0 aliphatic heterocycles. The Labute approximate surface area is 198 Å². The van der Waals surface area contributed by atoms with E-state index in [2.05, 4.69) is 20.3 Å². The Hall–Kier alpha value is -3.41. The average Bonchev–Trinajstić information content (AvgIpc) is 3.26. The molecular formula is C23H28N4O6S. The number of sulfonamides is 1. The van der Waals surface area contributed by atoms with E-state index < -0.39 is 28.1 Å². The fraction of sp³-hybridized carbons (Fsp3) is 0.304. The predicted octanol–water partition coefficient (Wildman–Crippen LogP) is 1.55. The zero-order valence-corrected chi connectivity index (χ0v) is 19.7. The van der Waals surface area contributed by atoms with E-state index in [9.17, 15) is 18.3 Å². The van der Waals surface area contributed by atoms with Gasteiger partial charge in [-0.15, -0.1) is 0 Å². The number of nitrogens with one attached hydrogen (secondary N) is 3. The lowest BCUT2D eigenvalue weighted by atomic mass is 10.0. The van der Waals surface area contributed by atoms with Crippen molar-refractivity contribution in [3.63, 3.8) is 0 Å². The molecule has 1 amide bonds. The first-order valence-corrected chi connectivity index (χ1v) is 12.4. The Balaban J connectivity index is 1.65. The molecule has 34 heavy (non-hydrogen) atoms. The third-order valence-electron chi connectivity index (χ3n) is 4.91. The number of aromatic nitrogens is 1. The third-order valence-corrected chi connectivity index (χ3v) is 5.45. The van der Waals surface area contributed by atoms with Crippen LogP contribution in [0.15, 0.2) is 65.3 Å². The van der Waals surface area contributed by atoms with E-state index in [0.29, 0.717) is 13.0 Å². The minimum Gasteiger partial charge on any atom is -0.497 e. The summed E-state index contributed by atoms with van der Waals surface area (Å²) in [6.07, 6.45) is 1.45. The van der Waals surface area contributed by atoms with Gasteiger partial charge in [0.15, 0.2) is 5.69 Å². The van der Waals surface area contributed by atoms with Crippen LogP contribution in [-0.4, -0.2) is 56.5 Å². The lowest BCUT2D eigenvalue weighted by molar-refractivity contribution is 0.0825. The number of methoxy groups -OCH3 is 1. The fourth-order valence-electron chi connectivity index (χ4n) is 3.27. The van der Waals surface area contributed by atoms with Gasteiger partial charge in [0.05, 0.1) is 25.5 Å². The van der Waals surface area contributed by atoms with Crippen molar-refractivity contribution in [2.24, 2.45) is 0 Å². The first kappa shape index (κ1) is 25.2. The molecule has 3 aromatic rings. The SMILES string of the molecule is COc1cccc(CNC[C@H](O)[C@H](Cc2ccccc2)NC(=O)c2coc(NS(C)(=O)=O)n2)c1. The lowest BCUT2D eigenvalue weighted by Crippen LogP contribution is -2.48. The van der Waals surface area contributed by atoms with Crippen molar-refractivity contribution < 1.29 is 27.5 Å². The summed E-state index contributed by atoms with van der Waals surface area (Å²) >= 11 is 0. The molecule has 4 N–H and O–H groups in total. The Morgan fingerprint density at radius 2 is 1.88 bits per heavy atom. The van der Waals surface area contributed by atoms with Gasteiger partial charge in [0.1, 0.15) is 12.0 Å². The van der Waals surface area contributed by atoms with E-state index >= 15 is 0 Å². The van der Waals surface area contributed by atoms with Gasteiger partial charge >= 0.3 is 6.01 Å². The number of oxazole rings is 1. The first-order valence-electron chi connectivity index (χ1n) is 10.5. The van der Waals surface area contributed by atoms with E-state index in [1.807, 2.05) is 54.6 Å². The van der Waals surface area contributed by atoms with Gasteiger partial charge in [-0.05, 0) is 29.7 Å². The summed E-state index contributed by atoms with van der Waals surface area (Å²) in [6.45, 7) is 0.721. The van der Waals surface area contributed by atoms with Crippen LogP contribution in [0.3, 0.4) is 0 Å². The Morgan fingerprint density at radius 3 is 2.59 bits per heavy atom. The van der Waals surface area contributed by atoms with Gasteiger partial charge < -0.3 is 24.9 Å². The molecule has 10 nitrogen and oxygen atoms in total. The molecule has 0 saturated heterocycles. The highest BCUT2D eigenvalue weighted by Gasteiger charge is 2.24. The van der Waals surface area contributed by atoms with Gasteiger partial charge in [0, 0.05) is 13.1 Å². The molecule has 182 valence electrons. The first-order chi connectivity index (χ1) is 16.2. The molecule has 0 spiro atoms. The highest BCUT2D eigenvalue weighted by Crippen LogP contribution is 2.13. The van der Waals surface area contributed by atoms with Crippen LogP contribution in [0.5, 0.6) is 5.75 Å². The predicted molar refractivity (Wildman–Crippen MR) is 127 cm³/mol. The number of benzene rings is 2. The molecule has 3 rings (SSSR count). The van der Waals surface area contributed by atoms with E-state index in [4.69, 9.17) is 9.15 Å². The molecule has 2 aromatic carbocycles. The molecule has 0 aliphatic rings. The number of hydrogen-bond donors (Lipinski definition) is 4. The van der Waals surface area contributed by atoms with Gasteiger partial charge in [-0.1, -0.05) is 42.5 Å². The smallest absolute Gasteiger partial charge is 0.309 e. The van der Waals surface area contributed by atoms with Crippen LogP contribution in [0, 0.1) is 0 Å². The van der Waals surface area contributed by atoms with E-state index in [1.165, 1.54) is 0 Å². The van der Waals surface area contributed by atoms with Crippen LogP contribution in [0.4, 0.5) is 6.01 Å². The minimum atomic E-state index is -3.60. The number of hydrogen-bond acceptors (Lipinski definition) is 8. The maximum Gasteiger partial charge on any atom is 0.309 e. The minimum absolute atomic E-state index is 0.110. The number of amides is 1. The van der Waals surface area contributed by atoms with Crippen LogP contribution < -0.4 is 20.1 Å². The Bertz CT molecular complexity index is 1180. The van der Waals surface area contributed by atoms with Crippen LogP contribution in [0.1, 0.15) is 21.6 Å². The number of aliphatic hydroxyl groups is 1. The monoisotopic (exact) mass is 488 g/mol. The molecule has 0 saturated carbocycles. The molecule has 1 aromatic heterocycles. The number of rotatable bonds is 12. The summed E-state index contributed by atoms with van der Waals surface area (Å²) in [4.78, 5) is 16.6. The number of carbonyl (C=O) groups is 1. The fourth-order valence-corrected chi connectivity index (χ4v) is 3.68. The number of carbonyl (C=O) groups excluding carboxylic acids is 1. The topological polar surface area (TPSA) is 143 Å². The summed E-state index contributed by atoms with van der Waals surface area (Å²) in [5, 5.41) is 16.8. The molecule has 0 radical (unpaired) electrons. The van der Waals surface area contributed by atoms with Gasteiger partial charge in [0.25, 0.3) is 5.91 Å². The highest BCUT2D eigenvalue weighted by atomic mass is 32.2.